The summed E-state index contributed by atoms with van der Waals surface area (Å²) in [4.78, 5) is 37.0. The van der Waals surface area contributed by atoms with Gasteiger partial charge in [-0.15, -0.1) is 11.8 Å². The van der Waals surface area contributed by atoms with Crippen LogP contribution in [-0.4, -0.2) is 45.0 Å². The molecule has 0 unspecified atom stereocenters. The number of carbonyl (C=O) groups excluding carboxylic acids is 2. The van der Waals surface area contributed by atoms with Crippen molar-refractivity contribution in [3.63, 3.8) is 0 Å². The molecule has 1 aromatic rings. The highest BCUT2D eigenvalue weighted by Gasteiger charge is 2.53. The molecule has 1 fully saturated rings. The number of hydrogen-bond donors (Lipinski definition) is 2. The van der Waals surface area contributed by atoms with E-state index >= 15 is 0 Å². The van der Waals surface area contributed by atoms with E-state index in [1.807, 2.05) is 0 Å². The minimum absolute atomic E-state index is 0.0238. The normalized spacial score (nSPS) is 23.2. The van der Waals surface area contributed by atoms with Gasteiger partial charge in [0, 0.05) is 16.3 Å². The van der Waals surface area contributed by atoms with E-state index in [4.69, 9.17) is 11.6 Å². The molecule has 2 heterocycles. The number of halogens is 1. The van der Waals surface area contributed by atoms with Crippen LogP contribution < -0.4 is 5.32 Å². The van der Waals surface area contributed by atoms with Crippen LogP contribution in [0.1, 0.15) is 17.3 Å². The van der Waals surface area contributed by atoms with Gasteiger partial charge in [-0.05, 0) is 36.8 Å². The van der Waals surface area contributed by atoms with E-state index in [-0.39, 0.29) is 17.0 Å². The van der Waals surface area contributed by atoms with Crippen molar-refractivity contribution in [3.8, 4) is 0 Å². The van der Waals surface area contributed by atoms with Crippen molar-refractivity contribution in [3.05, 3.63) is 46.1 Å². The molecule has 8 heteroatoms. The zero-order chi connectivity index (χ0) is 16.7. The first-order valence-electron chi connectivity index (χ1n) is 6.84. The second-order valence-electron chi connectivity index (χ2n) is 5.30. The average Bonchev–Trinajstić information content (AvgIpc) is 2.52. The first kappa shape index (κ1) is 15.9. The third-order valence-corrected chi connectivity index (χ3v) is 5.43. The SMILES string of the molecule is CC1=C(C(=O)O)N2C(=O)[C@@H](NC(=O)c3ccc(Cl)cc3)[C@H]2SC1. The predicted octanol–water partition coefficient (Wildman–Crippen LogP) is 1.71. The molecule has 0 saturated carbocycles. The molecule has 23 heavy (non-hydrogen) atoms. The van der Waals surface area contributed by atoms with Gasteiger partial charge in [0.15, 0.2) is 0 Å². The van der Waals surface area contributed by atoms with Gasteiger partial charge in [-0.2, -0.15) is 0 Å². The first-order chi connectivity index (χ1) is 10.9. The van der Waals surface area contributed by atoms with Gasteiger partial charge in [0.25, 0.3) is 11.8 Å². The van der Waals surface area contributed by atoms with Gasteiger partial charge < -0.3 is 10.4 Å². The van der Waals surface area contributed by atoms with Gasteiger partial charge in [-0.1, -0.05) is 11.6 Å². The molecule has 1 aromatic carbocycles. The Bertz CT molecular complexity index is 731. The van der Waals surface area contributed by atoms with Crippen molar-refractivity contribution < 1.29 is 19.5 Å². The van der Waals surface area contributed by atoms with Crippen LogP contribution in [0.5, 0.6) is 0 Å². The van der Waals surface area contributed by atoms with Gasteiger partial charge in [0.05, 0.1) is 0 Å². The summed E-state index contributed by atoms with van der Waals surface area (Å²) >= 11 is 7.22. The smallest absolute Gasteiger partial charge is 0.352 e. The standard InChI is InChI=1S/C15H13ClN2O4S/c1-7-6-23-14-10(13(20)18(14)11(7)15(21)22)17-12(19)8-2-4-9(16)5-3-8/h2-5,10,14H,6H2,1H3,(H,17,19)(H,21,22)/t10-,14-/m1/s1. The predicted molar refractivity (Wildman–Crippen MR) is 86.1 cm³/mol. The summed E-state index contributed by atoms with van der Waals surface area (Å²) in [7, 11) is 0. The highest BCUT2D eigenvalue weighted by atomic mass is 35.5. The summed E-state index contributed by atoms with van der Waals surface area (Å²) in [6.07, 6.45) is 0. The summed E-state index contributed by atoms with van der Waals surface area (Å²) in [6.45, 7) is 1.69. The van der Waals surface area contributed by atoms with Gasteiger partial charge in [-0.3, -0.25) is 14.5 Å². The van der Waals surface area contributed by atoms with Crippen molar-refractivity contribution in [2.75, 3.05) is 5.75 Å². The molecular formula is C15H13ClN2O4S. The third kappa shape index (κ3) is 2.70. The van der Waals surface area contributed by atoms with Crippen LogP contribution in [0.25, 0.3) is 0 Å². The number of carbonyl (C=O) groups is 3. The molecule has 2 atom stereocenters. The Kier molecular flexibility index (Phi) is 4.08. The monoisotopic (exact) mass is 352 g/mol. The number of hydrogen-bond acceptors (Lipinski definition) is 4. The maximum atomic E-state index is 12.3. The Morgan fingerprint density at radius 1 is 1.35 bits per heavy atom. The molecule has 0 radical (unpaired) electrons. The third-order valence-electron chi connectivity index (χ3n) is 3.75. The Balaban J connectivity index is 1.75. The van der Waals surface area contributed by atoms with E-state index in [0.29, 0.717) is 21.9 Å². The lowest BCUT2D eigenvalue weighted by Gasteiger charge is -2.49. The number of benzene rings is 1. The molecule has 0 aromatic heterocycles. The topological polar surface area (TPSA) is 86.7 Å². The molecular weight excluding hydrogens is 340 g/mol. The average molecular weight is 353 g/mol. The summed E-state index contributed by atoms with van der Waals surface area (Å²) in [5.41, 5.74) is 1.07. The number of nitrogens with zero attached hydrogens (tertiary/aromatic N) is 1. The fraction of sp³-hybridized carbons (Fsp3) is 0.267. The molecule has 0 spiro atoms. The van der Waals surface area contributed by atoms with Crippen molar-refractivity contribution in [1.82, 2.24) is 10.2 Å². The molecule has 3 rings (SSSR count). The fourth-order valence-corrected chi connectivity index (χ4v) is 4.02. The maximum Gasteiger partial charge on any atom is 0.352 e. The van der Waals surface area contributed by atoms with Crippen LogP contribution in [0.4, 0.5) is 0 Å². The van der Waals surface area contributed by atoms with Crippen LogP contribution in [0.15, 0.2) is 35.5 Å². The van der Waals surface area contributed by atoms with Crippen LogP contribution >= 0.6 is 23.4 Å². The summed E-state index contributed by atoms with van der Waals surface area (Å²) in [6, 6.07) is 5.61. The number of aliphatic carboxylic acids is 1. The van der Waals surface area contributed by atoms with E-state index in [1.165, 1.54) is 16.7 Å². The van der Waals surface area contributed by atoms with E-state index in [2.05, 4.69) is 5.32 Å². The van der Waals surface area contributed by atoms with E-state index in [0.717, 1.165) is 0 Å². The summed E-state index contributed by atoms with van der Waals surface area (Å²) < 4.78 is 0. The maximum absolute atomic E-state index is 12.3. The van der Waals surface area contributed by atoms with Crippen molar-refractivity contribution in [2.24, 2.45) is 0 Å². The van der Waals surface area contributed by atoms with Crippen LogP contribution in [0.3, 0.4) is 0 Å². The van der Waals surface area contributed by atoms with Crippen molar-refractivity contribution in [1.29, 1.82) is 0 Å². The van der Waals surface area contributed by atoms with Crippen molar-refractivity contribution in [2.45, 2.75) is 18.3 Å². The van der Waals surface area contributed by atoms with E-state index in [9.17, 15) is 19.5 Å². The van der Waals surface area contributed by atoms with Crippen LogP contribution in [0, 0.1) is 0 Å². The summed E-state index contributed by atoms with van der Waals surface area (Å²) in [5.74, 6) is -1.39. The van der Waals surface area contributed by atoms with Gasteiger partial charge >= 0.3 is 5.97 Å². The molecule has 2 aliphatic heterocycles. The first-order valence-corrected chi connectivity index (χ1v) is 8.27. The molecule has 0 bridgehead atoms. The van der Waals surface area contributed by atoms with Gasteiger partial charge in [0.1, 0.15) is 17.1 Å². The lowest BCUT2D eigenvalue weighted by Crippen LogP contribution is -2.70. The zero-order valence-electron chi connectivity index (χ0n) is 12.1. The highest BCUT2D eigenvalue weighted by Crippen LogP contribution is 2.40. The molecule has 2 aliphatic rings. The number of β-lactam (4-membered cyclic amide) rings is 1. The second kappa shape index (κ2) is 5.90. The molecule has 2 amide bonds. The Hall–Kier alpha value is -1.99. The molecule has 0 aliphatic carbocycles. The van der Waals surface area contributed by atoms with Crippen molar-refractivity contribution >= 4 is 41.1 Å². The number of thioether (sulfide) groups is 1. The van der Waals surface area contributed by atoms with Gasteiger partial charge in [-0.25, -0.2) is 4.79 Å². The van der Waals surface area contributed by atoms with Crippen LogP contribution in [-0.2, 0) is 9.59 Å². The largest absolute Gasteiger partial charge is 0.477 e. The van der Waals surface area contributed by atoms with Crippen LogP contribution in [0.2, 0.25) is 5.02 Å². The summed E-state index contributed by atoms with van der Waals surface area (Å²) in [5, 5.41) is 12.1. The Labute approximate surface area is 141 Å². The number of amides is 2. The minimum Gasteiger partial charge on any atom is -0.477 e. The number of carboxylic acids is 1. The fourth-order valence-electron chi connectivity index (χ4n) is 2.60. The molecule has 120 valence electrons. The number of fused-ring (bicyclic) bond motifs is 1. The van der Waals surface area contributed by atoms with E-state index < -0.39 is 17.9 Å². The minimum atomic E-state index is -1.12. The molecule has 1 saturated heterocycles. The lowest BCUT2D eigenvalue weighted by atomic mass is 10.0. The highest BCUT2D eigenvalue weighted by molar-refractivity contribution is 8.00. The second-order valence-corrected chi connectivity index (χ2v) is 6.84. The zero-order valence-corrected chi connectivity index (χ0v) is 13.6. The van der Waals surface area contributed by atoms with Gasteiger partial charge in [0.2, 0.25) is 0 Å². The lowest BCUT2D eigenvalue weighted by molar-refractivity contribution is -0.148. The Morgan fingerprint density at radius 2 is 2.00 bits per heavy atom. The number of nitrogens with one attached hydrogen (secondary N) is 1. The Morgan fingerprint density at radius 3 is 2.61 bits per heavy atom. The van der Waals surface area contributed by atoms with E-state index in [1.54, 1.807) is 31.2 Å². The number of carboxylic acid groups (broad SMARTS) is 1. The molecule has 6 nitrogen and oxygen atoms in total. The quantitative estimate of drug-likeness (QED) is 0.809. The molecule has 2 N–H and O–H groups in total. The number of rotatable bonds is 3.